The highest BCUT2D eigenvalue weighted by Gasteiger charge is 2.20. The standard InChI is InChI=1S/C13H16N4O/c1-9-11(3-2-7-14-9)13-17-16-12(18-13)6-8-15-10-4-5-10/h2-3,7,10,15H,4-6,8H2,1H3. The van der Waals surface area contributed by atoms with Gasteiger partial charge in [-0.05, 0) is 31.9 Å². The van der Waals surface area contributed by atoms with Gasteiger partial charge in [0.2, 0.25) is 11.8 Å². The minimum atomic E-state index is 0.557. The van der Waals surface area contributed by atoms with Crippen LogP contribution in [-0.2, 0) is 6.42 Å². The summed E-state index contributed by atoms with van der Waals surface area (Å²) in [5.74, 6) is 1.24. The van der Waals surface area contributed by atoms with Gasteiger partial charge in [-0.2, -0.15) is 0 Å². The van der Waals surface area contributed by atoms with Crippen LogP contribution in [0.5, 0.6) is 0 Å². The Balaban J connectivity index is 1.66. The first-order chi connectivity index (χ1) is 8.83. The van der Waals surface area contributed by atoms with Gasteiger partial charge in [0.15, 0.2) is 0 Å². The lowest BCUT2D eigenvalue weighted by atomic mass is 10.2. The Morgan fingerprint density at radius 1 is 1.39 bits per heavy atom. The second-order valence-corrected chi connectivity index (χ2v) is 4.62. The van der Waals surface area contributed by atoms with E-state index in [2.05, 4.69) is 20.5 Å². The first-order valence-electron chi connectivity index (χ1n) is 6.30. The van der Waals surface area contributed by atoms with Crippen LogP contribution in [0.1, 0.15) is 24.4 Å². The maximum atomic E-state index is 5.65. The van der Waals surface area contributed by atoms with Gasteiger partial charge in [-0.25, -0.2) is 0 Å². The van der Waals surface area contributed by atoms with Crippen molar-refractivity contribution in [3.05, 3.63) is 29.9 Å². The molecule has 0 amide bonds. The highest BCUT2D eigenvalue weighted by molar-refractivity contribution is 5.54. The summed E-state index contributed by atoms with van der Waals surface area (Å²) in [6.45, 7) is 2.84. The van der Waals surface area contributed by atoms with E-state index < -0.39 is 0 Å². The molecule has 0 aliphatic heterocycles. The predicted octanol–water partition coefficient (Wildman–Crippen LogP) is 1.73. The molecule has 5 nitrogen and oxygen atoms in total. The highest BCUT2D eigenvalue weighted by Crippen LogP contribution is 2.20. The van der Waals surface area contributed by atoms with Gasteiger partial charge in [-0.3, -0.25) is 4.98 Å². The minimum absolute atomic E-state index is 0.557. The van der Waals surface area contributed by atoms with Crippen LogP contribution in [0, 0.1) is 6.92 Å². The third kappa shape index (κ3) is 2.56. The van der Waals surface area contributed by atoms with Crippen LogP contribution < -0.4 is 5.32 Å². The second-order valence-electron chi connectivity index (χ2n) is 4.62. The molecule has 0 radical (unpaired) electrons. The molecule has 1 aliphatic rings. The third-order valence-corrected chi connectivity index (χ3v) is 3.05. The lowest BCUT2D eigenvalue weighted by Gasteiger charge is -1.99. The van der Waals surface area contributed by atoms with Gasteiger partial charge in [0.25, 0.3) is 0 Å². The van der Waals surface area contributed by atoms with E-state index in [-0.39, 0.29) is 0 Å². The Labute approximate surface area is 106 Å². The fourth-order valence-electron chi connectivity index (χ4n) is 1.84. The number of hydrogen-bond donors (Lipinski definition) is 1. The van der Waals surface area contributed by atoms with Crippen LogP contribution >= 0.6 is 0 Å². The molecule has 1 aliphatic carbocycles. The second kappa shape index (κ2) is 4.86. The van der Waals surface area contributed by atoms with E-state index in [4.69, 9.17) is 4.42 Å². The Morgan fingerprint density at radius 2 is 2.28 bits per heavy atom. The summed E-state index contributed by atoms with van der Waals surface area (Å²) in [4.78, 5) is 4.22. The monoisotopic (exact) mass is 244 g/mol. The lowest BCUT2D eigenvalue weighted by Crippen LogP contribution is -2.19. The summed E-state index contributed by atoms with van der Waals surface area (Å²) in [6.07, 6.45) is 5.13. The molecule has 0 saturated heterocycles. The van der Waals surface area contributed by atoms with Crippen molar-refractivity contribution in [1.29, 1.82) is 0 Å². The number of nitrogens with one attached hydrogen (secondary N) is 1. The molecule has 0 unspecified atom stereocenters. The van der Waals surface area contributed by atoms with Gasteiger partial charge in [-0.15, -0.1) is 10.2 Å². The van der Waals surface area contributed by atoms with Crippen LogP contribution in [0.2, 0.25) is 0 Å². The van der Waals surface area contributed by atoms with Crippen molar-refractivity contribution in [3.8, 4) is 11.5 Å². The van der Waals surface area contributed by atoms with Gasteiger partial charge in [0.05, 0.1) is 5.56 Å². The van der Waals surface area contributed by atoms with E-state index in [1.54, 1.807) is 6.20 Å². The molecule has 2 heterocycles. The number of aromatic nitrogens is 3. The zero-order valence-corrected chi connectivity index (χ0v) is 10.4. The summed E-state index contributed by atoms with van der Waals surface area (Å²) in [6, 6.07) is 4.54. The molecule has 18 heavy (non-hydrogen) atoms. The van der Waals surface area contributed by atoms with Gasteiger partial charge < -0.3 is 9.73 Å². The van der Waals surface area contributed by atoms with Crippen LogP contribution in [-0.4, -0.2) is 27.8 Å². The topological polar surface area (TPSA) is 63.8 Å². The van der Waals surface area contributed by atoms with Crippen molar-refractivity contribution < 1.29 is 4.42 Å². The molecule has 0 atom stereocenters. The third-order valence-electron chi connectivity index (χ3n) is 3.05. The van der Waals surface area contributed by atoms with Crippen LogP contribution in [0.3, 0.4) is 0 Å². The van der Waals surface area contributed by atoms with Crippen molar-refractivity contribution in [3.63, 3.8) is 0 Å². The largest absolute Gasteiger partial charge is 0.421 e. The summed E-state index contributed by atoms with van der Waals surface area (Å²) in [5.41, 5.74) is 1.82. The lowest BCUT2D eigenvalue weighted by molar-refractivity contribution is 0.493. The van der Waals surface area contributed by atoms with Crippen molar-refractivity contribution >= 4 is 0 Å². The number of nitrogens with zero attached hydrogens (tertiary/aromatic N) is 3. The van der Waals surface area contributed by atoms with E-state index >= 15 is 0 Å². The molecular formula is C13H16N4O. The predicted molar refractivity (Wildman–Crippen MR) is 67.0 cm³/mol. The van der Waals surface area contributed by atoms with Gasteiger partial charge in [-0.1, -0.05) is 0 Å². The van der Waals surface area contributed by atoms with Gasteiger partial charge in [0.1, 0.15) is 0 Å². The normalized spacial score (nSPS) is 14.9. The first kappa shape index (κ1) is 11.3. The molecule has 2 aromatic heterocycles. The molecule has 0 spiro atoms. The number of pyridine rings is 1. The maximum Gasteiger partial charge on any atom is 0.249 e. The Hall–Kier alpha value is -1.75. The van der Waals surface area contributed by atoms with Crippen molar-refractivity contribution in [2.45, 2.75) is 32.2 Å². The number of hydrogen-bond acceptors (Lipinski definition) is 5. The highest BCUT2D eigenvalue weighted by atomic mass is 16.4. The average Bonchev–Trinajstić information content (AvgIpc) is 3.08. The van der Waals surface area contributed by atoms with Gasteiger partial charge >= 0.3 is 0 Å². The van der Waals surface area contributed by atoms with Crippen molar-refractivity contribution in [2.24, 2.45) is 0 Å². The van der Waals surface area contributed by atoms with Crippen LogP contribution in [0.4, 0.5) is 0 Å². The summed E-state index contributed by atoms with van der Waals surface area (Å²) in [5, 5.41) is 11.6. The van der Waals surface area contributed by atoms with E-state index in [1.165, 1.54) is 12.8 Å². The quantitative estimate of drug-likeness (QED) is 0.867. The van der Waals surface area contributed by atoms with Crippen LogP contribution in [0.25, 0.3) is 11.5 Å². The SMILES string of the molecule is Cc1ncccc1-c1nnc(CCNC2CC2)o1. The molecule has 0 bridgehead atoms. The fourth-order valence-corrected chi connectivity index (χ4v) is 1.84. The van der Waals surface area contributed by atoms with Crippen molar-refractivity contribution in [2.75, 3.05) is 6.54 Å². The average molecular weight is 244 g/mol. The maximum absolute atomic E-state index is 5.65. The summed E-state index contributed by atoms with van der Waals surface area (Å²) in [7, 11) is 0. The van der Waals surface area contributed by atoms with E-state index in [0.29, 0.717) is 17.8 Å². The fraction of sp³-hybridized carbons (Fsp3) is 0.462. The molecular weight excluding hydrogens is 228 g/mol. The Bertz CT molecular complexity index is 533. The first-order valence-corrected chi connectivity index (χ1v) is 6.30. The minimum Gasteiger partial charge on any atom is -0.421 e. The molecule has 2 aromatic rings. The van der Waals surface area contributed by atoms with E-state index in [0.717, 1.165) is 24.2 Å². The van der Waals surface area contributed by atoms with E-state index in [1.807, 2.05) is 19.1 Å². The van der Waals surface area contributed by atoms with Crippen molar-refractivity contribution in [1.82, 2.24) is 20.5 Å². The van der Waals surface area contributed by atoms with E-state index in [9.17, 15) is 0 Å². The summed E-state index contributed by atoms with van der Waals surface area (Å²) >= 11 is 0. The zero-order chi connectivity index (χ0) is 12.4. The Morgan fingerprint density at radius 3 is 3.06 bits per heavy atom. The molecule has 1 saturated carbocycles. The molecule has 1 N–H and O–H groups in total. The number of rotatable bonds is 5. The molecule has 3 rings (SSSR count). The Kier molecular flexibility index (Phi) is 3.06. The smallest absolute Gasteiger partial charge is 0.249 e. The molecule has 0 aromatic carbocycles. The molecule has 1 fully saturated rings. The van der Waals surface area contributed by atoms with Gasteiger partial charge in [0, 0.05) is 30.9 Å². The molecule has 94 valence electrons. The molecule has 5 heteroatoms. The number of aryl methyl sites for hydroxylation is 1. The van der Waals surface area contributed by atoms with Crippen LogP contribution in [0.15, 0.2) is 22.7 Å². The summed E-state index contributed by atoms with van der Waals surface area (Å²) < 4.78 is 5.65. The zero-order valence-electron chi connectivity index (χ0n) is 10.4.